The van der Waals surface area contributed by atoms with Crippen molar-refractivity contribution in [2.75, 3.05) is 25.7 Å². The highest BCUT2D eigenvalue weighted by Crippen LogP contribution is 2.67. The van der Waals surface area contributed by atoms with Gasteiger partial charge in [0.15, 0.2) is 0 Å². The minimum Gasteiger partial charge on any atom is -0.107 e. The van der Waals surface area contributed by atoms with Gasteiger partial charge in [0.05, 0.1) is 0 Å². The van der Waals surface area contributed by atoms with Crippen molar-refractivity contribution in [1.82, 2.24) is 0 Å². The van der Waals surface area contributed by atoms with Gasteiger partial charge in [0.1, 0.15) is 0 Å². The van der Waals surface area contributed by atoms with Crippen LogP contribution in [0.5, 0.6) is 0 Å². The molecule has 4 rings (SSSR count). The molecule has 0 aromatic rings. The van der Waals surface area contributed by atoms with E-state index in [1.807, 2.05) is 0 Å². The zero-order valence-corrected chi connectivity index (χ0v) is 16.3. The van der Waals surface area contributed by atoms with Gasteiger partial charge in [0.2, 0.25) is 0 Å². The standard InChI is InChI=1S/C17H32P2.2B/c1-13(2)18(3)5-6-19(4)17-10-14-7-15(11-17)9-16(8-14)12-17;;/h13-16H,5-12H2,1-4H3;;/t14?,15?,16?,17?,18-,19-;;/m0../s1. The Bertz CT molecular complexity index is 297. The number of hydrogen-bond donors (Lipinski definition) is 0. The van der Waals surface area contributed by atoms with E-state index in [1.165, 1.54) is 0 Å². The molecule has 0 aromatic heterocycles. The van der Waals surface area contributed by atoms with Crippen LogP contribution in [0.1, 0.15) is 52.4 Å². The maximum absolute atomic E-state index is 2.67. The molecule has 4 bridgehead atoms. The summed E-state index contributed by atoms with van der Waals surface area (Å²) in [4.78, 5) is 0. The molecule has 4 aliphatic carbocycles. The van der Waals surface area contributed by atoms with Gasteiger partial charge in [-0.25, -0.2) is 0 Å². The van der Waals surface area contributed by atoms with E-state index in [1.54, 1.807) is 50.8 Å². The fraction of sp³-hybridized carbons (Fsp3) is 1.00. The molecule has 0 aromatic carbocycles. The van der Waals surface area contributed by atoms with Crippen molar-refractivity contribution >= 4 is 32.7 Å². The summed E-state index contributed by atoms with van der Waals surface area (Å²) in [6.07, 6.45) is 12.8. The van der Waals surface area contributed by atoms with Crippen molar-refractivity contribution in [3.8, 4) is 0 Å². The van der Waals surface area contributed by atoms with Crippen LogP contribution in [0.25, 0.3) is 0 Å². The molecule has 0 spiro atoms. The summed E-state index contributed by atoms with van der Waals surface area (Å²) in [7, 11) is 0.607. The van der Waals surface area contributed by atoms with Crippen LogP contribution in [0.15, 0.2) is 0 Å². The Morgan fingerprint density at radius 2 is 1.29 bits per heavy atom. The van der Waals surface area contributed by atoms with Gasteiger partial charge in [-0.2, -0.15) is 0 Å². The Hall–Kier alpha value is 0.990. The quantitative estimate of drug-likeness (QED) is 0.503. The predicted molar refractivity (Wildman–Crippen MR) is 103 cm³/mol. The van der Waals surface area contributed by atoms with E-state index >= 15 is 0 Å². The van der Waals surface area contributed by atoms with Gasteiger partial charge in [-0.3, -0.25) is 0 Å². The third-order valence-corrected chi connectivity index (χ3v) is 12.6. The van der Waals surface area contributed by atoms with E-state index in [9.17, 15) is 0 Å². The lowest BCUT2D eigenvalue weighted by Gasteiger charge is -2.59. The van der Waals surface area contributed by atoms with Crippen molar-refractivity contribution in [2.45, 2.75) is 63.2 Å². The zero-order chi connectivity index (χ0) is 13.6. The van der Waals surface area contributed by atoms with Crippen molar-refractivity contribution < 1.29 is 0 Å². The second-order valence-corrected chi connectivity index (χ2v) is 13.9. The number of hydrogen-bond acceptors (Lipinski definition) is 0. The van der Waals surface area contributed by atoms with Gasteiger partial charge in [-0.15, -0.1) is 15.8 Å². The molecule has 0 nitrogen and oxygen atoms in total. The molecule has 4 heteroatoms. The maximum atomic E-state index is 2.67. The van der Waals surface area contributed by atoms with Crippen LogP contribution in [0.4, 0.5) is 0 Å². The van der Waals surface area contributed by atoms with E-state index < -0.39 is 0 Å². The molecule has 0 heterocycles. The normalized spacial score (nSPS) is 39.6. The van der Waals surface area contributed by atoms with Gasteiger partial charge in [0.25, 0.3) is 0 Å². The Morgan fingerprint density at radius 3 is 1.67 bits per heavy atom. The minimum absolute atomic E-state index is 0. The van der Waals surface area contributed by atoms with Gasteiger partial charge in [0, 0.05) is 16.8 Å². The molecule has 6 radical (unpaired) electrons. The van der Waals surface area contributed by atoms with Crippen molar-refractivity contribution in [3.63, 3.8) is 0 Å². The van der Waals surface area contributed by atoms with Gasteiger partial charge >= 0.3 is 0 Å². The minimum atomic E-state index is 0. The fourth-order valence-electron chi connectivity index (χ4n) is 5.34. The molecule has 2 atom stereocenters. The predicted octanol–water partition coefficient (Wildman–Crippen LogP) is 4.83. The molecule has 4 aliphatic rings. The topological polar surface area (TPSA) is 0 Å². The smallest absolute Gasteiger partial charge is 0 e. The lowest BCUT2D eigenvalue weighted by atomic mass is 9.56. The van der Waals surface area contributed by atoms with E-state index in [-0.39, 0.29) is 16.8 Å². The molecule has 0 amide bonds. The molecular weight excluding hydrogens is 288 g/mol. The third-order valence-electron chi connectivity index (χ3n) is 6.49. The summed E-state index contributed by atoms with van der Waals surface area (Å²) in [5.74, 6) is 3.43. The van der Waals surface area contributed by atoms with Crippen LogP contribution in [0, 0.1) is 17.8 Å². The molecule has 0 saturated heterocycles. The van der Waals surface area contributed by atoms with Crippen LogP contribution in [-0.2, 0) is 0 Å². The first-order chi connectivity index (χ1) is 8.98. The van der Waals surface area contributed by atoms with E-state index in [0.29, 0.717) is 15.8 Å². The molecule has 116 valence electrons. The van der Waals surface area contributed by atoms with E-state index in [4.69, 9.17) is 0 Å². The van der Waals surface area contributed by atoms with Gasteiger partial charge < -0.3 is 0 Å². The lowest BCUT2D eigenvalue weighted by Crippen LogP contribution is -2.49. The fourth-order valence-corrected chi connectivity index (χ4v) is 10.5. The Morgan fingerprint density at radius 1 is 0.857 bits per heavy atom. The van der Waals surface area contributed by atoms with Gasteiger partial charge in [-0.1, -0.05) is 13.8 Å². The Kier molecular flexibility index (Phi) is 7.35. The third kappa shape index (κ3) is 4.10. The molecular formula is C17H32B2P2. The largest absolute Gasteiger partial charge is 0.107 e. The van der Waals surface area contributed by atoms with Crippen LogP contribution in [-0.4, -0.2) is 53.3 Å². The average molecular weight is 320 g/mol. The van der Waals surface area contributed by atoms with Gasteiger partial charge in [-0.05, 0) is 92.7 Å². The first-order valence-electron chi connectivity index (χ1n) is 8.40. The highest BCUT2D eigenvalue weighted by Gasteiger charge is 2.52. The summed E-state index contributed by atoms with van der Waals surface area (Å²) in [5.41, 5.74) is 0.940. The SMILES string of the molecule is CC(C)[P@@](C)CC[P@](C)C12CC3CC(CC(C3)C1)C2.[B].[B]. The van der Waals surface area contributed by atoms with Crippen LogP contribution < -0.4 is 0 Å². The Labute approximate surface area is 139 Å². The summed E-state index contributed by atoms with van der Waals surface area (Å²) in [6, 6.07) is 0. The summed E-state index contributed by atoms with van der Waals surface area (Å²) in [5, 5.41) is 0.858. The molecule has 4 saturated carbocycles. The second-order valence-electron chi connectivity index (χ2n) is 8.14. The molecule has 0 unspecified atom stereocenters. The molecule has 0 N–H and O–H groups in total. The summed E-state index contributed by atoms with van der Waals surface area (Å²) in [6.45, 7) is 10.1. The second kappa shape index (κ2) is 7.71. The first kappa shape index (κ1) is 20.0. The monoisotopic (exact) mass is 320 g/mol. The first-order valence-corrected chi connectivity index (χ1v) is 12.4. The molecule has 4 fully saturated rings. The molecule has 21 heavy (non-hydrogen) atoms. The van der Waals surface area contributed by atoms with Crippen molar-refractivity contribution in [1.29, 1.82) is 0 Å². The van der Waals surface area contributed by atoms with E-state index in [0.717, 1.165) is 28.6 Å². The van der Waals surface area contributed by atoms with Crippen molar-refractivity contribution in [3.05, 3.63) is 0 Å². The molecule has 0 aliphatic heterocycles. The zero-order valence-electron chi connectivity index (χ0n) is 14.5. The van der Waals surface area contributed by atoms with Crippen molar-refractivity contribution in [2.24, 2.45) is 17.8 Å². The summed E-state index contributed by atoms with van der Waals surface area (Å²) >= 11 is 0. The highest BCUT2D eigenvalue weighted by atomic mass is 31.1. The van der Waals surface area contributed by atoms with Crippen LogP contribution in [0.2, 0.25) is 0 Å². The average Bonchev–Trinajstić information content (AvgIpc) is 2.33. The Balaban J connectivity index is 0.00000110. The van der Waals surface area contributed by atoms with E-state index in [2.05, 4.69) is 27.2 Å². The highest BCUT2D eigenvalue weighted by molar-refractivity contribution is 7.62. The van der Waals surface area contributed by atoms with Crippen LogP contribution >= 0.6 is 15.8 Å². The lowest BCUT2D eigenvalue weighted by molar-refractivity contribution is 0.0357. The number of rotatable bonds is 5. The maximum Gasteiger partial charge on any atom is 0 e. The van der Waals surface area contributed by atoms with Crippen LogP contribution in [0.3, 0.4) is 0 Å². The summed E-state index contributed by atoms with van der Waals surface area (Å²) < 4.78 is 0.